The Kier molecular flexibility index (Phi) is 4.65. The van der Waals surface area contributed by atoms with Gasteiger partial charge in [0.1, 0.15) is 0 Å². The molecule has 15 heavy (non-hydrogen) atoms. The monoisotopic (exact) mass is 226 g/mol. The number of hydrogen-bond donors (Lipinski definition) is 1. The molecule has 82 valence electrons. The van der Waals surface area contributed by atoms with Crippen molar-refractivity contribution < 1.29 is 14.6 Å². The van der Waals surface area contributed by atoms with E-state index in [0.717, 1.165) is 4.90 Å². The van der Waals surface area contributed by atoms with Crippen LogP contribution >= 0.6 is 11.8 Å². The van der Waals surface area contributed by atoms with Crippen molar-refractivity contribution >= 4 is 17.7 Å². The van der Waals surface area contributed by atoms with Crippen LogP contribution in [-0.4, -0.2) is 30.0 Å². The van der Waals surface area contributed by atoms with Crippen LogP contribution in [0.5, 0.6) is 0 Å². The number of methoxy groups -OCH3 is 1. The molecule has 0 bridgehead atoms. The van der Waals surface area contributed by atoms with Gasteiger partial charge in [-0.15, -0.1) is 11.8 Å². The number of carboxylic acids is 1. The summed E-state index contributed by atoms with van der Waals surface area (Å²) in [6, 6.07) is 6.87. The zero-order valence-electron chi connectivity index (χ0n) is 8.77. The predicted molar refractivity (Wildman–Crippen MR) is 60.6 cm³/mol. The van der Waals surface area contributed by atoms with Gasteiger partial charge in [0.05, 0.1) is 12.2 Å². The van der Waals surface area contributed by atoms with Crippen LogP contribution < -0.4 is 0 Å². The van der Waals surface area contributed by atoms with Gasteiger partial charge in [-0.2, -0.15) is 0 Å². The Hall–Kier alpha value is -1.00. The van der Waals surface area contributed by atoms with Gasteiger partial charge in [0.2, 0.25) is 0 Å². The number of benzene rings is 1. The van der Waals surface area contributed by atoms with E-state index < -0.39 is 5.97 Å². The van der Waals surface area contributed by atoms with E-state index in [4.69, 9.17) is 9.84 Å². The summed E-state index contributed by atoms with van der Waals surface area (Å²) < 4.78 is 5.02. The Morgan fingerprint density at radius 1 is 1.47 bits per heavy atom. The van der Waals surface area contributed by atoms with Crippen molar-refractivity contribution in [1.29, 1.82) is 0 Å². The smallest absolute Gasteiger partial charge is 0.335 e. The van der Waals surface area contributed by atoms with Gasteiger partial charge in [-0.05, 0) is 24.3 Å². The van der Waals surface area contributed by atoms with Gasteiger partial charge in [-0.1, -0.05) is 6.92 Å². The molecule has 1 N–H and O–H groups in total. The summed E-state index contributed by atoms with van der Waals surface area (Å²) in [4.78, 5) is 11.7. The third-order valence-electron chi connectivity index (χ3n) is 1.84. The summed E-state index contributed by atoms with van der Waals surface area (Å²) in [6.07, 6.45) is 0. The third-order valence-corrected chi connectivity index (χ3v) is 2.92. The summed E-state index contributed by atoms with van der Waals surface area (Å²) >= 11 is 1.67. The van der Waals surface area contributed by atoms with Crippen LogP contribution in [0.1, 0.15) is 17.3 Å². The maximum atomic E-state index is 10.6. The van der Waals surface area contributed by atoms with Crippen molar-refractivity contribution in [2.75, 3.05) is 13.7 Å². The quantitative estimate of drug-likeness (QED) is 0.784. The summed E-state index contributed by atoms with van der Waals surface area (Å²) in [5.74, 6) is -0.892. The molecular formula is C11H14O3S. The molecule has 0 aliphatic rings. The molecule has 0 fully saturated rings. The number of aromatic carboxylic acids is 1. The first-order chi connectivity index (χ1) is 7.13. The molecule has 0 heterocycles. The molecule has 1 aromatic rings. The highest BCUT2D eigenvalue weighted by atomic mass is 32.2. The zero-order chi connectivity index (χ0) is 11.3. The molecule has 1 rings (SSSR count). The average molecular weight is 226 g/mol. The molecule has 1 atom stereocenters. The van der Waals surface area contributed by atoms with E-state index in [2.05, 4.69) is 6.92 Å². The minimum Gasteiger partial charge on any atom is -0.478 e. The molecule has 0 aromatic heterocycles. The fourth-order valence-electron chi connectivity index (χ4n) is 1.18. The summed E-state index contributed by atoms with van der Waals surface area (Å²) in [7, 11) is 1.67. The first-order valence-corrected chi connectivity index (χ1v) is 5.50. The van der Waals surface area contributed by atoms with Gasteiger partial charge in [0.15, 0.2) is 0 Å². The van der Waals surface area contributed by atoms with Gasteiger partial charge in [0.25, 0.3) is 0 Å². The highest BCUT2D eigenvalue weighted by molar-refractivity contribution is 8.00. The first-order valence-electron chi connectivity index (χ1n) is 4.62. The van der Waals surface area contributed by atoms with Gasteiger partial charge in [0, 0.05) is 17.3 Å². The minimum atomic E-state index is -0.892. The number of thioether (sulfide) groups is 1. The van der Waals surface area contributed by atoms with Crippen molar-refractivity contribution in [1.82, 2.24) is 0 Å². The molecule has 0 saturated carbocycles. The van der Waals surface area contributed by atoms with Gasteiger partial charge in [-0.3, -0.25) is 0 Å². The first kappa shape index (κ1) is 12.1. The number of hydrogen-bond acceptors (Lipinski definition) is 3. The Morgan fingerprint density at radius 3 is 2.53 bits per heavy atom. The average Bonchev–Trinajstić information content (AvgIpc) is 2.18. The minimum absolute atomic E-state index is 0.318. The summed E-state index contributed by atoms with van der Waals surface area (Å²) in [6.45, 7) is 2.75. The Balaban J connectivity index is 2.60. The molecular weight excluding hydrogens is 212 g/mol. The van der Waals surface area contributed by atoms with Crippen LogP contribution in [0.25, 0.3) is 0 Å². The van der Waals surface area contributed by atoms with E-state index in [-0.39, 0.29) is 0 Å². The van der Waals surface area contributed by atoms with Crippen LogP contribution in [0.3, 0.4) is 0 Å². The molecule has 0 aliphatic carbocycles. The molecule has 1 unspecified atom stereocenters. The van der Waals surface area contributed by atoms with E-state index >= 15 is 0 Å². The Bertz CT molecular complexity index is 321. The van der Waals surface area contributed by atoms with Crippen molar-refractivity contribution in [2.45, 2.75) is 17.1 Å². The lowest BCUT2D eigenvalue weighted by atomic mass is 10.2. The molecule has 0 radical (unpaired) electrons. The lowest BCUT2D eigenvalue weighted by molar-refractivity contribution is 0.0697. The van der Waals surface area contributed by atoms with Crippen LogP contribution in [0.4, 0.5) is 0 Å². The highest BCUT2D eigenvalue weighted by Crippen LogP contribution is 2.23. The fourth-order valence-corrected chi connectivity index (χ4v) is 2.14. The van der Waals surface area contributed by atoms with E-state index in [9.17, 15) is 4.79 Å². The molecule has 0 saturated heterocycles. The fraction of sp³-hybridized carbons (Fsp3) is 0.364. The highest BCUT2D eigenvalue weighted by Gasteiger charge is 2.05. The number of carboxylic acid groups (broad SMARTS) is 1. The van der Waals surface area contributed by atoms with Crippen molar-refractivity contribution in [3.63, 3.8) is 0 Å². The van der Waals surface area contributed by atoms with Crippen molar-refractivity contribution in [3.8, 4) is 0 Å². The SMILES string of the molecule is COCC(C)Sc1ccc(C(=O)O)cc1. The molecule has 3 nitrogen and oxygen atoms in total. The largest absolute Gasteiger partial charge is 0.478 e. The standard InChI is InChI=1S/C11H14O3S/c1-8(7-14-2)15-10-5-3-9(4-6-10)11(12)13/h3-6,8H,7H2,1-2H3,(H,12,13). The predicted octanol–water partition coefficient (Wildman–Crippen LogP) is 2.51. The van der Waals surface area contributed by atoms with Crippen molar-refractivity contribution in [2.24, 2.45) is 0 Å². The molecule has 0 spiro atoms. The summed E-state index contributed by atoms with van der Waals surface area (Å²) in [5, 5.41) is 9.08. The third kappa shape index (κ3) is 3.93. The molecule has 0 aliphatic heterocycles. The number of ether oxygens (including phenoxy) is 1. The molecule has 0 amide bonds. The van der Waals surface area contributed by atoms with Crippen LogP contribution in [-0.2, 0) is 4.74 Å². The molecule has 4 heteroatoms. The second-order valence-electron chi connectivity index (χ2n) is 3.21. The van der Waals surface area contributed by atoms with E-state index in [1.165, 1.54) is 0 Å². The van der Waals surface area contributed by atoms with Gasteiger partial charge in [-0.25, -0.2) is 4.79 Å². The maximum absolute atomic E-state index is 10.6. The van der Waals surface area contributed by atoms with Crippen LogP contribution in [0.15, 0.2) is 29.2 Å². The second kappa shape index (κ2) is 5.78. The summed E-state index contributed by atoms with van der Waals surface area (Å²) in [5.41, 5.74) is 0.318. The number of carbonyl (C=O) groups is 1. The van der Waals surface area contributed by atoms with E-state index in [0.29, 0.717) is 17.4 Å². The second-order valence-corrected chi connectivity index (χ2v) is 4.73. The lowest BCUT2D eigenvalue weighted by Crippen LogP contribution is -2.04. The van der Waals surface area contributed by atoms with Crippen LogP contribution in [0.2, 0.25) is 0 Å². The Morgan fingerprint density at radius 2 is 2.07 bits per heavy atom. The number of rotatable bonds is 5. The lowest BCUT2D eigenvalue weighted by Gasteiger charge is -2.09. The zero-order valence-corrected chi connectivity index (χ0v) is 9.58. The molecule has 1 aromatic carbocycles. The van der Waals surface area contributed by atoms with E-state index in [1.807, 2.05) is 12.1 Å². The van der Waals surface area contributed by atoms with Gasteiger partial charge < -0.3 is 9.84 Å². The van der Waals surface area contributed by atoms with Crippen molar-refractivity contribution in [3.05, 3.63) is 29.8 Å². The topological polar surface area (TPSA) is 46.5 Å². The van der Waals surface area contributed by atoms with Crippen LogP contribution in [0, 0.1) is 0 Å². The Labute approximate surface area is 93.4 Å². The normalized spacial score (nSPS) is 12.4. The van der Waals surface area contributed by atoms with Gasteiger partial charge >= 0.3 is 5.97 Å². The van der Waals surface area contributed by atoms with E-state index in [1.54, 1.807) is 31.0 Å². The maximum Gasteiger partial charge on any atom is 0.335 e.